The summed E-state index contributed by atoms with van der Waals surface area (Å²) in [5.41, 5.74) is 2.45. The van der Waals surface area contributed by atoms with Crippen molar-refractivity contribution in [1.29, 1.82) is 5.26 Å². The summed E-state index contributed by atoms with van der Waals surface area (Å²) >= 11 is 0.929. The Kier molecular flexibility index (Phi) is 4.50. The van der Waals surface area contributed by atoms with Crippen LogP contribution >= 0.6 is 11.3 Å². The molecule has 0 unspecified atom stereocenters. The van der Waals surface area contributed by atoms with Crippen molar-refractivity contribution in [1.82, 2.24) is 4.57 Å². The summed E-state index contributed by atoms with van der Waals surface area (Å²) in [6.07, 6.45) is 0. The number of benzene rings is 2. The second kappa shape index (κ2) is 6.49. The normalized spacial score (nSPS) is 11.3. The molecule has 0 bridgehead atoms. The van der Waals surface area contributed by atoms with Crippen LogP contribution in [0.25, 0.3) is 16.9 Å². The van der Waals surface area contributed by atoms with E-state index in [4.69, 9.17) is 10.4 Å². The zero-order chi connectivity index (χ0) is 19.1. The van der Waals surface area contributed by atoms with Gasteiger partial charge in [-0.25, -0.2) is 17.9 Å². The lowest BCUT2D eigenvalue weighted by Crippen LogP contribution is -2.14. The summed E-state index contributed by atoms with van der Waals surface area (Å²) in [7, 11) is -4.17. The second-order valence-corrected chi connectivity index (χ2v) is 7.87. The van der Waals surface area contributed by atoms with Crippen LogP contribution in [0, 0.1) is 24.1 Å². The number of hydrogen-bond acceptors (Lipinski definition) is 5. The minimum Gasteiger partial charge on any atom is -0.267 e. The average molecular weight is 389 g/mol. The molecule has 0 spiro atoms. The maximum atomic E-state index is 14.2. The maximum Gasteiger partial charge on any atom is 0.312 e. The third-order valence-electron chi connectivity index (χ3n) is 3.82. The molecule has 1 heterocycles. The number of thiazole rings is 1. The van der Waals surface area contributed by atoms with E-state index in [0.29, 0.717) is 28.1 Å². The van der Waals surface area contributed by atoms with Gasteiger partial charge in [0.2, 0.25) is 10.0 Å². The molecule has 132 valence electrons. The molecule has 0 atom stereocenters. The highest BCUT2D eigenvalue weighted by molar-refractivity contribution is 7.89. The van der Waals surface area contributed by atoms with Gasteiger partial charge >= 0.3 is 4.87 Å². The van der Waals surface area contributed by atoms with Crippen LogP contribution in [0.5, 0.6) is 0 Å². The topological polar surface area (TPSA) is 106 Å². The largest absolute Gasteiger partial charge is 0.312 e. The third kappa shape index (κ3) is 3.17. The Bertz CT molecular complexity index is 1220. The second-order valence-electron chi connectivity index (χ2n) is 5.52. The molecule has 3 aromatic rings. The van der Waals surface area contributed by atoms with Crippen molar-refractivity contribution >= 4 is 21.4 Å². The Morgan fingerprint density at radius 3 is 2.54 bits per heavy atom. The Balaban J connectivity index is 2.18. The van der Waals surface area contributed by atoms with Crippen LogP contribution in [0.1, 0.15) is 11.1 Å². The summed E-state index contributed by atoms with van der Waals surface area (Å²) in [6.45, 7) is 1.75. The van der Waals surface area contributed by atoms with E-state index in [1.165, 1.54) is 10.6 Å². The molecular weight excluding hydrogens is 377 g/mol. The number of rotatable bonds is 3. The molecule has 0 saturated heterocycles. The number of hydrogen-bond donors (Lipinski definition) is 1. The Morgan fingerprint density at radius 1 is 1.23 bits per heavy atom. The molecule has 0 aliphatic carbocycles. The van der Waals surface area contributed by atoms with Gasteiger partial charge in [0.05, 0.1) is 23.0 Å². The first-order valence-corrected chi connectivity index (χ1v) is 9.69. The van der Waals surface area contributed by atoms with Gasteiger partial charge in [-0.2, -0.15) is 5.26 Å². The molecule has 0 radical (unpaired) electrons. The first-order valence-electron chi connectivity index (χ1n) is 7.27. The Labute approximate surface area is 152 Å². The van der Waals surface area contributed by atoms with Crippen molar-refractivity contribution in [3.05, 3.63) is 68.4 Å². The highest BCUT2D eigenvalue weighted by atomic mass is 32.2. The first-order chi connectivity index (χ1) is 12.2. The van der Waals surface area contributed by atoms with Crippen LogP contribution in [0.2, 0.25) is 0 Å². The predicted octanol–water partition coefficient (Wildman–Crippen LogP) is 2.53. The number of nitrogens with two attached hydrogens (primary N) is 1. The van der Waals surface area contributed by atoms with Gasteiger partial charge in [-0.1, -0.05) is 17.4 Å². The lowest BCUT2D eigenvalue weighted by Gasteiger charge is -2.10. The molecule has 0 aliphatic heterocycles. The van der Waals surface area contributed by atoms with Crippen molar-refractivity contribution in [2.45, 2.75) is 11.8 Å². The van der Waals surface area contributed by atoms with E-state index in [1.807, 2.05) is 0 Å². The van der Waals surface area contributed by atoms with Crippen LogP contribution in [0.15, 0.2) is 51.5 Å². The fraction of sp³-hybridized carbons (Fsp3) is 0.0588. The number of aromatic nitrogens is 1. The standard InChI is InChI=1S/C17H12FN3O3S2/c1-10-6-13(4-2-12(10)8-19)21-15(9-25-17(21)22)11-3-5-16(14(18)7-11)26(20,23)24/h2-7,9H,1H3,(H2,20,23,24). The molecule has 2 aromatic carbocycles. The van der Waals surface area contributed by atoms with E-state index < -0.39 is 20.7 Å². The quantitative estimate of drug-likeness (QED) is 0.743. The predicted molar refractivity (Wildman–Crippen MR) is 96.1 cm³/mol. The van der Waals surface area contributed by atoms with Gasteiger partial charge in [0.15, 0.2) is 0 Å². The number of sulfonamides is 1. The average Bonchev–Trinajstić information content (AvgIpc) is 2.95. The first kappa shape index (κ1) is 18.0. The monoisotopic (exact) mass is 389 g/mol. The molecule has 0 saturated carbocycles. The molecule has 3 rings (SSSR count). The number of nitriles is 1. The summed E-state index contributed by atoms with van der Waals surface area (Å²) in [6, 6.07) is 10.4. The molecule has 0 fully saturated rings. The molecule has 0 aliphatic rings. The van der Waals surface area contributed by atoms with E-state index in [0.717, 1.165) is 23.5 Å². The Morgan fingerprint density at radius 2 is 1.96 bits per heavy atom. The van der Waals surface area contributed by atoms with E-state index in [9.17, 15) is 17.6 Å². The van der Waals surface area contributed by atoms with Crippen molar-refractivity contribution in [3.8, 4) is 23.0 Å². The van der Waals surface area contributed by atoms with E-state index in [-0.39, 0.29) is 4.87 Å². The SMILES string of the molecule is Cc1cc(-n2c(-c3ccc(S(N)(=O)=O)c(F)c3)csc2=O)ccc1C#N. The number of aryl methyl sites for hydroxylation is 1. The molecule has 9 heteroatoms. The fourth-order valence-corrected chi connectivity index (χ4v) is 3.91. The van der Waals surface area contributed by atoms with Gasteiger partial charge < -0.3 is 0 Å². The van der Waals surface area contributed by atoms with Gasteiger partial charge in [0, 0.05) is 10.9 Å². The molecule has 26 heavy (non-hydrogen) atoms. The van der Waals surface area contributed by atoms with Crippen LogP contribution < -0.4 is 10.0 Å². The summed E-state index contributed by atoms with van der Waals surface area (Å²) < 4.78 is 38.2. The summed E-state index contributed by atoms with van der Waals surface area (Å²) in [5.74, 6) is -0.994. The molecule has 0 amide bonds. The minimum absolute atomic E-state index is 0.292. The van der Waals surface area contributed by atoms with Gasteiger partial charge in [0.25, 0.3) is 0 Å². The van der Waals surface area contributed by atoms with E-state index in [1.54, 1.807) is 30.5 Å². The number of nitrogens with zero attached hydrogens (tertiary/aromatic N) is 2. The summed E-state index contributed by atoms with van der Waals surface area (Å²) in [4.78, 5) is 11.4. The fourth-order valence-electron chi connectivity index (χ4n) is 2.55. The van der Waals surface area contributed by atoms with Crippen molar-refractivity contribution < 1.29 is 12.8 Å². The zero-order valence-corrected chi connectivity index (χ0v) is 15.1. The molecule has 6 nitrogen and oxygen atoms in total. The number of halogens is 1. The molecular formula is C17H12FN3O3S2. The van der Waals surface area contributed by atoms with Crippen LogP contribution in [0.3, 0.4) is 0 Å². The number of primary sulfonamides is 1. The third-order valence-corrected chi connectivity index (χ3v) is 5.49. The Hall–Kier alpha value is -2.80. The van der Waals surface area contributed by atoms with Gasteiger partial charge in [-0.3, -0.25) is 9.36 Å². The maximum absolute atomic E-state index is 14.2. The van der Waals surface area contributed by atoms with E-state index in [2.05, 4.69) is 6.07 Å². The highest BCUT2D eigenvalue weighted by Gasteiger charge is 2.18. The van der Waals surface area contributed by atoms with Gasteiger partial charge in [0.1, 0.15) is 10.7 Å². The van der Waals surface area contributed by atoms with Crippen molar-refractivity contribution in [2.75, 3.05) is 0 Å². The zero-order valence-electron chi connectivity index (χ0n) is 13.4. The van der Waals surface area contributed by atoms with Crippen LogP contribution in [0.4, 0.5) is 4.39 Å². The van der Waals surface area contributed by atoms with Crippen molar-refractivity contribution in [2.24, 2.45) is 5.14 Å². The molecule has 2 N–H and O–H groups in total. The van der Waals surface area contributed by atoms with E-state index >= 15 is 0 Å². The van der Waals surface area contributed by atoms with Gasteiger partial charge in [-0.05, 0) is 42.8 Å². The summed E-state index contributed by atoms with van der Waals surface area (Å²) in [5, 5.41) is 15.6. The minimum atomic E-state index is -4.17. The highest BCUT2D eigenvalue weighted by Crippen LogP contribution is 2.27. The van der Waals surface area contributed by atoms with Crippen molar-refractivity contribution in [3.63, 3.8) is 0 Å². The lowest BCUT2D eigenvalue weighted by molar-refractivity contribution is 0.568. The molecule has 1 aromatic heterocycles. The van der Waals surface area contributed by atoms with Crippen LogP contribution in [-0.2, 0) is 10.0 Å². The van der Waals surface area contributed by atoms with Crippen LogP contribution in [-0.4, -0.2) is 13.0 Å². The lowest BCUT2D eigenvalue weighted by atomic mass is 10.1. The van der Waals surface area contributed by atoms with Gasteiger partial charge in [-0.15, -0.1) is 0 Å². The smallest absolute Gasteiger partial charge is 0.267 e.